The molecule has 1 unspecified atom stereocenters. The van der Waals surface area contributed by atoms with Gasteiger partial charge in [0.05, 0.1) is 7.11 Å². The minimum Gasteiger partial charge on any atom is -0.496 e. The summed E-state index contributed by atoms with van der Waals surface area (Å²) >= 11 is 0. The van der Waals surface area contributed by atoms with E-state index >= 15 is 0 Å². The molecule has 0 saturated heterocycles. The molecular weight excluding hydrogens is 228 g/mol. The fraction of sp³-hybridized carbons (Fsp3) is 0.214. The smallest absolute Gasteiger partial charge is 0.129 e. The van der Waals surface area contributed by atoms with E-state index in [1.54, 1.807) is 38.4 Å². The summed E-state index contributed by atoms with van der Waals surface area (Å²) in [5.41, 5.74) is 5.80. The van der Waals surface area contributed by atoms with Gasteiger partial charge in [0, 0.05) is 17.3 Å². The third kappa shape index (κ3) is 2.02. The van der Waals surface area contributed by atoms with Crippen molar-refractivity contribution in [1.29, 1.82) is 0 Å². The first-order chi connectivity index (χ1) is 8.57. The van der Waals surface area contributed by atoms with Gasteiger partial charge in [-0.05, 0) is 19.1 Å². The summed E-state index contributed by atoms with van der Waals surface area (Å²) < 4.78 is 5.27. The van der Waals surface area contributed by atoms with Crippen molar-refractivity contribution in [1.82, 2.24) is 4.98 Å². The van der Waals surface area contributed by atoms with E-state index in [0.717, 1.165) is 0 Å². The lowest BCUT2D eigenvalue weighted by Crippen LogP contribution is -2.25. The van der Waals surface area contributed by atoms with Crippen LogP contribution in [0.2, 0.25) is 0 Å². The molecule has 1 heterocycles. The average molecular weight is 244 g/mol. The normalized spacial score (nSPS) is 13.9. The van der Waals surface area contributed by atoms with Crippen LogP contribution in [0.5, 0.6) is 5.75 Å². The third-order valence-corrected chi connectivity index (χ3v) is 2.99. The predicted octanol–water partition coefficient (Wildman–Crippen LogP) is 1.93. The van der Waals surface area contributed by atoms with Crippen LogP contribution < -0.4 is 10.5 Å². The highest BCUT2D eigenvalue weighted by Crippen LogP contribution is 2.36. The fourth-order valence-electron chi connectivity index (χ4n) is 2.02. The lowest BCUT2D eigenvalue weighted by atomic mass is 9.88. The highest BCUT2D eigenvalue weighted by atomic mass is 16.5. The number of para-hydroxylation sites is 1. The third-order valence-electron chi connectivity index (χ3n) is 2.99. The first kappa shape index (κ1) is 12.4. The van der Waals surface area contributed by atoms with Gasteiger partial charge < -0.3 is 15.6 Å². The van der Waals surface area contributed by atoms with Crippen molar-refractivity contribution in [2.24, 2.45) is 0 Å². The highest BCUT2D eigenvalue weighted by molar-refractivity contribution is 5.51. The largest absolute Gasteiger partial charge is 0.496 e. The van der Waals surface area contributed by atoms with Crippen molar-refractivity contribution >= 4 is 5.82 Å². The number of rotatable bonds is 3. The zero-order valence-electron chi connectivity index (χ0n) is 10.4. The van der Waals surface area contributed by atoms with E-state index in [2.05, 4.69) is 4.98 Å². The zero-order valence-corrected chi connectivity index (χ0v) is 10.4. The Hall–Kier alpha value is -2.07. The van der Waals surface area contributed by atoms with E-state index in [-0.39, 0.29) is 0 Å². The molecule has 2 rings (SSSR count). The Balaban J connectivity index is 2.58. The molecule has 3 N–H and O–H groups in total. The molecule has 4 heteroatoms. The van der Waals surface area contributed by atoms with Crippen LogP contribution in [0.3, 0.4) is 0 Å². The first-order valence-electron chi connectivity index (χ1n) is 5.64. The topological polar surface area (TPSA) is 68.4 Å². The fourth-order valence-corrected chi connectivity index (χ4v) is 2.02. The number of hydrogen-bond donors (Lipinski definition) is 2. The number of hydrogen-bond acceptors (Lipinski definition) is 4. The number of nitrogens with zero attached hydrogens (tertiary/aromatic N) is 1. The van der Waals surface area contributed by atoms with Gasteiger partial charge in [0.2, 0.25) is 0 Å². The van der Waals surface area contributed by atoms with Crippen LogP contribution >= 0.6 is 0 Å². The molecule has 0 radical (unpaired) electrons. The molecule has 0 aliphatic rings. The Morgan fingerprint density at radius 2 is 1.83 bits per heavy atom. The maximum atomic E-state index is 10.7. The van der Waals surface area contributed by atoms with E-state index in [4.69, 9.17) is 10.5 Å². The Morgan fingerprint density at radius 1 is 1.17 bits per heavy atom. The SMILES string of the molecule is COc1ccccc1C(C)(O)c1cccnc1N. The molecular formula is C14H16N2O2. The number of nitrogen functional groups attached to an aromatic ring is 1. The summed E-state index contributed by atoms with van der Waals surface area (Å²) in [7, 11) is 1.57. The van der Waals surface area contributed by atoms with E-state index in [9.17, 15) is 5.11 Å². The van der Waals surface area contributed by atoms with Crippen LogP contribution in [-0.2, 0) is 5.60 Å². The van der Waals surface area contributed by atoms with Gasteiger partial charge in [0.25, 0.3) is 0 Å². The predicted molar refractivity (Wildman–Crippen MR) is 70.3 cm³/mol. The number of ether oxygens (including phenoxy) is 1. The van der Waals surface area contributed by atoms with Crippen LogP contribution in [0.15, 0.2) is 42.6 Å². The van der Waals surface area contributed by atoms with Gasteiger partial charge in [-0.2, -0.15) is 0 Å². The Morgan fingerprint density at radius 3 is 2.50 bits per heavy atom. The molecule has 1 aromatic carbocycles. The van der Waals surface area contributed by atoms with E-state index in [0.29, 0.717) is 22.7 Å². The molecule has 0 amide bonds. The quantitative estimate of drug-likeness (QED) is 0.865. The van der Waals surface area contributed by atoms with Crippen molar-refractivity contribution < 1.29 is 9.84 Å². The number of pyridine rings is 1. The molecule has 1 atom stereocenters. The molecule has 94 valence electrons. The Bertz CT molecular complexity index is 553. The van der Waals surface area contributed by atoms with Crippen LogP contribution in [0.4, 0.5) is 5.82 Å². The molecule has 0 fully saturated rings. The molecule has 0 aliphatic heterocycles. The van der Waals surface area contributed by atoms with Gasteiger partial charge in [0.1, 0.15) is 17.2 Å². The first-order valence-corrected chi connectivity index (χ1v) is 5.64. The van der Waals surface area contributed by atoms with Crippen molar-refractivity contribution in [3.63, 3.8) is 0 Å². The van der Waals surface area contributed by atoms with Gasteiger partial charge in [-0.1, -0.05) is 24.3 Å². The van der Waals surface area contributed by atoms with E-state index < -0.39 is 5.60 Å². The minimum atomic E-state index is -1.25. The number of anilines is 1. The van der Waals surface area contributed by atoms with Crippen molar-refractivity contribution in [2.75, 3.05) is 12.8 Å². The Labute approximate surface area is 106 Å². The van der Waals surface area contributed by atoms with E-state index in [1.165, 1.54) is 0 Å². The van der Waals surface area contributed by atoms with Gasteiger partial charge in [-0.3, -0.25) is 0 Å². The number of nitrogens with two attached hydrogens (primary N) is 1. The maximum absolute atomic E-state index is 10.7. The molecule has 0 spiro atoms. The summed E-state index contributed by atoms with van der Waals surface area (Å²) in [6, 6.07) is 10.8. The number of aliphatic hydroxyl groups is 1. The minimum absolute atomic E-state index is 0.313. The molecule has 4 nitrogen and oxygen atoms in total. The van der Waals surface area contributed by atoms with Crippen molar-refractivity contribution in [3.8, 4) is 5.75 Å². The van der Waals surface area contributed by atoms with Gasteiger partial charge in [-0.25, -0.2) is 4.98 Å². The monoisotopic (exact) mass is 244 g/mol. The van der Waals surface area contributed by atoms with Gasteiger partial charge in [0.15, 0.2) is 0 Å². The second kappa shape index (κ2) is 4.66. The van der Waals surface area contributed by atoms with Crippen molar-refractivity contribution in [2.45, 2.75) is 12.5 Å². The molecule has 18 heavy (non-hydrogen) atoms. The molecule has 2 aromatic rings. The van der Waals surface area contributed by atoms with Gasteiger partial charge >= 0.3 is 0 Å². The average Bonchev–Trinajstić information content (AvgIpc) is 2.39. The zero-order chi connectivity index (χ0) is 13.2. The van der Waals surface area contributed by atoms with Crippen molar-refractivity contribution in [3.05, 3.63) is 53.7 Å². The van der Waals surface area contributed by atoms with Crippen LogP contribution in [0.25, 0.3) is 0 Å². The molecule has 0 bridgehead atoms. The van der Waals surface area contributed by atoms with Crippen LogP contribution in [-0.4, -0.2) is 17.2 Å². The van der Waals surface area contributed by atoms with Gasteiger partial charge in [-0.15, -0.1) is 0 Å². The lowest BCUT2D eigenvalue weighted by molar-refractivity contribution is 0.0994. The lowest BCUT2D eigenvalue weighted by Gasteiger charge is -2.26. The summed E-state index contributed by atoms with van der Waals surface area (Å²) in [5, 5.41) is 10.7. The molecule has 0 saturated carbocycles. The highest BCUT2D eigenvalue weighted by Gasteiger charge is 2.30. The van der Waals surface area contributed by atoms with E-state index in [1.807, 2.05) is 18.2 Å². The number of methoxy groups -OCH3 is 1. The maximum Gasteiger partial charge on any atom is 0.129 e. The molecule has 0 aliphatic carbocycles. The number of aromatic nitrogens is 1. The summed E-state index contributed by atoms with van der Waals surface area (Å²) in [6.45, 7) is 1.68. The standard InChI is InChI=1S/C14H16N2O2/c1-14(17,11-7-5-9-16-13(11)15)10-6-3-4-8-12(10)18-2/h3-9,17H,1-2H3,(H2,15,16). The second-order valence-electron chi connectivity index (χ2n) is 4.21. The summed E-state index contributed by atoms with van der Waals surface area (Å²) in [6.07, 6.45) is 1.59. The van der Waals surface area contributed by atoms with Crippen LogP contribution in [0, 0.1) is 0 Å². The Kier molecular flexibility index (Phi) is 3.21. The summed E-state index contributed by atoms with van der Waals surface area (Å²) in [5.74, 6) is 0.930. The number of benzene rings is 1. The molecule has 1 aromatic heterocycles. The summed E-state index contributed by atoms with van der Waals surface area (Å²) in [4.78, 5) is 4.00. The second-order valence-corrected chi connectivity index (χ2v) is 4.21. The van der Waals surface area contributed by atoms with Crippen LogP contribution in [0.1, 0.15) is 18.1 Å².